The fourth-order valence-electron chi connectivity index (χ4n) is 2.16. The van der Waals surface area contributed by atoms with Crippen molar-refractivity contribution < 1.29 is 5.11 Å². The maximum Gasteiger partial charge on any atom is 0.0636 e. The van der Waals surface area contributed by atoms with Gasteiger partial charge >= 0.3 is 0 Å². The summed E-state index contributed by atoms with van der Waals surface area (Å²) in [6, 6.07) is 14.9. The van der Waals surface area contributed by atoms with Gasteiger partial charge in [0.1, 0.15) is 0 Å². The first kappa shape index (κ1) is 14.0. The Balaban J connectivity index is 1.82. The van der Waals surface area contributed by atoms with Crippen LogP contribution in [0.3, 0.4) is 0 Å². The van der Waals surface area contributed by atoms with E-state index in [-0.39, 0.29) is 6.10 Å². The van der Waals surface area contributed by atoms with Crippen molar-refractivity contribution in [3.05, 3.63) is 48.0 Å². The normalized spacial score (nSPS) is 12.7. The molecule has 0 aliphatic heterocycles. The number of aliphatic hydroxyl groups excluding tert-OH is 1. The summed E-state index contributed by atoms with van der Waals surface area (Å²) in [4.78, 5) is 0. The van der Waals surface area contributed by atoms with Crippen LogP contribution < -0.4 is 10.6 Å². The van der Waals surface area contributed by atoms with E-state index in [1.165, 1.54) is 16.3 Å². The Morgan fingerprint density at radius 1 is 1.00 bits per heavy atom. The molecule has 2 aromatic rings. The van der Waals surface area contributed by atoms with Crippen molar-refractivity contribution in [3.8, 4) is 0 Å². The number of hydrogen-bond donors (Lipinski definition) is 3. The topological polar surface area (TPSA) is 44.3 Å². The zero-order chi connectivity index (χ0) is 13.5. The van der Waals surface area contributed by atoms with Crippen LogP contribution in [0.2, 0.25) is 0 Å². The molecule has 2 rings (SSSR count). The third-order valence-electron chi connectivity index (χ3n) is 3.11. The van der Waals surface area contributed by atoms with Crippen molar-refractivity contribution in [1.29, 1.82) is 0 Å². The molecule has 0 radical (unpaired) electrons. The average Bonchev–Trinajstić information content (AvgIpc) is 2.42. The highest BCUT2D eigenvalue weighted by atomic mass is 16.3. The van der Waals surface area contributed by atoms with Crippen molar-refractivity contribution in [2.75, 3.05) is 19.6 Å². The first-order valence-electron chi connectivity index (χ1n) is 6.83. The summed E-state index contributed by atoms with van der Waals surface area (Å²) < 4.78 is 0. The largest absolute Gasteiger partial charge is 0.392 e. The predicted molar refractivity (Wildman–Crippen MR) is 80.2 cm³/mol. The molecule has 0 bridgehead atoms. The van der Waals surface area contributed by atoms with Crippen LogP contribution in [0.25, 0.3) is 10.8 Å². The molecular weight excluding hydrogens is 236 g/mol. The fourth-order valence-corrected chi connectivity index (χ4v) is 2.16. The minimum atomic E-state index is -0.280. The van der Waals surface area contributed by atoms with Gasteiger partial charge in [-0.15, -0.1) is 0 Å². The van der Waals surface area contributed by atoms with E-state index in [0.717, 1.165) is 19.6 Å². The van der Waals surface area contributed by atoms with Gasteiger partial charge in [-0.05, 0) is 23.3 Å². The van der Waals surface area contributed by atoms with E-state index in [2.05, 4.69) is 53.1 Å². The molecule has 0 saturated carbocycles. The van der Waals surface area contributed by atoms with Crippen LogP contribution in [-0.2, 0) is 6.54 Å². The van der Waals surface area contributed by atoms with Crippen molar-refractivity contribution in [2.24, 2.45) is 0 Å². The molecule has 0 saturated heterocycles. The van der Waals surface area contributed by atoms with Gasteiger partial charge in [-0.1, -0.05) is 42.5 Å². The zero-order valence-electron chi connectivity index (χ0n) is 11.4. The minimum Gasteiger partial charge on any atom is -0.392 e. The molecule has 0 fully saturated rings. The molecule has 1 atom stereocenters. The highest BCUT2D eigenvalue weighted by Gasteiger charge is 1.99. The molecule has 3 nitrogen and oxygen atoms in total. The van der Waals surface area contributed by atoms with E-state index in [0.29, 0.717) is 6.54 Å². The summed E-state index contributed by atoms with van der Waals surface area (Å²) in [5.74, 6) is 0. The van der Waals surface area contributed by atoms with E-state index in [4.69, 9.17) is 5.11 Å². The van der Waals surface area contributed by atoms with Gasteiger partial charge in [-0.2, -0.15) is 0 Å². The second-order valence-electron chi connectivity index (χ2n) is 4.87. The maximum absolute atomic E-state index is 9.12. The molecule has 0 aliphatic rings. The van der Waals surface area contributed by atoms with Crippen LogP contribution in [0, 0.1) is 0 Å². The van der Waals surface area contributed by atoms with E-state index in [9.17, 15) is 0 Å². The molecule has 0 aromatic heterocycles. The predicted octanol–water partition coefficient (Wildman–Crippen LogP) is 1.90. The Kier molecular flexibility index (Phi) is 5.33. The highest BCUT2D eigenvalue weighted by molar-refractivity contribution is 5.85. The third kappa shape index (κ3) is 4.31. The lowest BCUT2D eigenvalue weighted by molar-refractivity contribution is 0.191. The van der Waals surface area contributed by atoms with Gasteiger partial charge in [-0.25, -0.2) is 0 Å². The molecule has 3 N–H and O–H groups in total. The van der Waals surface area contributed by atoms with Crippen LogP contribution in [0.1, 0.15) is 12.5 Å². The van der Waals surface area contributed by atoms with Crippen molar-refractivity contribution in [3.63, 3.8) is 0 Å². The van der Waals surface area contributed by atoms with Crippen molar-refractivity contribution in [2.45, 2.75) is 19.6 Å². The zero-order valence-corrected chi connectivity index (χ0v) is 11.4. The second kappa shape index (κ2) is 7.24. The van der Waals surface area contributed by atoms with Crippen LogP contribution >= 0.6 is 0 Å². The van der Waals surface area contributed by atoms with Crippen molar-refractivity contribution >= 4 is 10.8 Å². The first-order valence-corrected chi connectivity index (χ1v) is 6.83. The standard InChI is InChI=1S/C16H22N2O/c1-13(19)11-17-9-10-18-12-15-7-4-6-14-5-2-3-8-16(14)15/h2-8,13,17-19H,9-12H2,1H3/t13-/m1/s1. The Bertz CT molecular complexity index is 506. The van der Waals surface area contributed by atoms with Gasteiger partial charge < -0.3 is 15.7 Å². The molecule has 0 aliphatic carbocycles. The molecule has 0 amide bonds. The Morgan fingerprint density at radius 3 is 2.58 bits per heavy atom. The Morgan fingerprint density at radius 2 is 1.74 bits per heavy atom. The Labute approximate surface area is 114 Å². The lowest BCUT2D eigenvalue weighted by Crippen LogP contribution is -2.31. The van der Waals surface area contributed by atoms with Crippen LogP contribution in [0.15, 0.2) is 42.5 Å². The molecule has 0 unspecified atom stereocenters. The number of nitrogens with one attached hydrogen (secondary N) is 2. The van der Waals surface area contributed by atoms with E-state index < -0.39 is 0 Å². The third-order valence-corrected chi connectivity index (χ3v) is 3.11. The summed E-state index contributed by atoms with van der Waals surface area (Å²) in [7, 11) is 0. The number of fused-ring (bicyclic) bond motifs is 1. The molecule has 3 heteroatoms. The monoisotopic (exact) mass is 258 g/mol. The van der Waals surface area contributed by atoms with E-state index in [1.54, 1.807) is 6.92 Å². The summed E-state index contributed by atoms with van der Waals surface area (Å²) in [6.45, 7) is 5.08. The molecular formula is C16H22N2O. The minimum absolute atomic E-state index is 0.280. The highest BCUT2D eigenvalue weighted by Crippen LogP contribution is 2.17. The van der Waals surface area contributed by atoms with E-state index in [1.807, 2.05) is 0 Å². The first-order chi connectivity index (χ1) is 9.27. The number of rotatable bonds is 7. The molecule has 102 valence electrons. The van der Waals surface area contributed by atoms with Gasteiger partial charge in [0.05, 0.1) is 6.10 Å². The lowest BCUT2D eigenvalue weighted by atomic mass is 10.0. The Hall–Kier alpha value is -1.42. The van der Waals surface area contributed by atoms with Gasteiger partial charge in [0.2, 0.25) is 0 Å². The summed E-state index contributed by atoms with van der Waals surface area (Å²) in [6.07, 6.45) is -0.280. The lowest BCUT2D eigenvalue weighted by Gasteiger charge is -2.10. The van der Waals surface area contributed by atoms with Gasteiger partial charge in [0.25, 0.3) is 0 Å². The van der Waals surface area contributed by atoms with Crippen molar-refractivity contribution in [1.82, 2.24) is 10.6 Å². The van der Waals surface area contributed by atoms with Crippen LogP contribution in [0.4, 0.5) is 0 Å². The van der Waals surface area contributed by atoms with Gasteiger partial charge in [0, 0.05) is 26.2 Å². The second-order valence-corrected chi connectivity index (χ2v) is 4.87. The smallest absolute Gasteiger partial charge is 0.0636 e. The van der Waals surface area contributed by atoms with Gasteiger partial charge in [-0.3, -0.25) is 0 Å². The molecule has 19 heavy (non-hydrogen) atoms. The molecule has 0 heterocycles. The fraction of sp³-hybridized carbons (Fsp3) is 0.375. The summed E-state index contributed by atoms with van der Waals surface area (Å²) >= 11 is 0. The molecule has 0 spiro atoms. The number of benzene rings is 2. The van der Waals surface area contributed by atoms with Crippen LogP contribution in [-0.4, -0.2) is 30.8 Å². The number of hydrogen-bond acceptors (Lipinski definition) is 3. The summed E-state index contributed by atoms with van der Waals surface area (Å²) in [5.41, 5.74) is 1.33. The summed E-state index contributed by atoms with van der Waals surface area (Å²) in [5, 5.41) is 18.3. The number of aliphatic hydroxyl groups is 1. The van der Waals surface area contributed by atoms with Gasteiger partial charge in [0.15, 0.2) is 0 Å². The quantitative estimate of drug-likeness (QED) is 0.665. The maximum atomic E-state index is 9.12. The molecule has 2 aromatic carbocycles. The van der Waals surface area contributed by atoms with E-state index >= 15 is 0 Å². The average molecular weight is 258 g/mol. The van der Waals surface area contributed by atoms with Crippen LogP contribution in [0.5, 0.6) is 0 Å². The SMILES string of the molecule is C[C@@H](O)CNCCNCc1cccc2ccccc12.